The van der Waals surface area contributed by atoms with Crippen LogP contribution in [0.3, 0.4) is 0 Å². The SMILES string of the molecule is C=C1CC(F)C2OCCNC2C1. The minimum atomic E-state index is -0.857. The second kappa shape index (κ2) is 3.15. The van der Waals surface area contributed by atoms with Crippen LogP contribution in [0.1, 0.15) is 12.8 Å². The molecular formula is C9H14FNO. The molecule has 1 saturated heterocycles. The molecule has 1 heterocycles. The maximum absolute atomic E-state index is 13.3. The summed E-state index contributed by atoms with van der Waals surface area (Å²) in [6, 6.07) is 0.162. The molecule has 1 aliphatic heterocycles. The van der Waals surface area contributed by atoms with Crippen molar-refractivity contribution in [3.05, 3.63) is 12.2 Å². The number of hydrogen-bond acceptors (Lipinski definition) is 2. The standard InChI is InChI=1S/C9H14FNO/c1-6-4-7(10)9-8(5-6)11-2-3-12-9/h7-9,11H,1-5H2. The first-order valence-electron chi connectivity index (χ1n) is 4.43. The third kappa shape index (κ3) is 1.39. The molecule has 0 bridgehead atoms. The van der Waals surface area contributed by atoms with Gasteiger partial charge in [0.15, 0.2) is 0 Å². The van der Waals surface area contributed by atoms with Crippen molar-refractivity contribution in [1.29, 1.82) is 0 Å². The number of halogens is 1. The molecule has 0 aromatic rings. The van der Waals surface area contributed by atoms with E-state index in [0.29, 0.717) is 13.0 Å². The van der Waals surface area contributed by atoms with Crippen molar-refractivity contribution < 1.29 is 9.13 Å². The predicted molar refractivity (Wildman–Crippen MR) is 44.8 cm³/mol. The van der Waals surface area contributed by atoms with Crippen LogP contribution in [0.25, 0.3) is 0 Å². The fourth-order valence-electron chi connectivity index (χ4n) is 2.00. The van der Waals surface area contributed by atoms with Gasteiger partial charge in [0.05, 0.1) is 6.61 Å². The van der Waals surface area contributed by atoms with E-state index in [2.05, 4.69) is 11.9 Å². The number of morpholine rings is 1. The van der Waals surface area contributed by atoms with Crippen LogP contribution in [0.2, 0.25) is 0 Å². The molecule has 2 aliphatic rings. The minimum Gasteiger partial charge on any atom is -0.372 e. The molecule has 1 saturated carbocycles. The fourth-order valence-corrected chi connectivity index (χ4v) is 2.00. The van der Waals surface area contributed by atoms with Crippen molar-refractivity contribution in [2.75, 3.05) is 13.2 Å². The van der Waals surface area contributed by atoms with Gasteiger partial charge >= 0.3 is 0 Å². The minimum absolute atomic E-state index is 0.162. The average molecular weight is 171 g/mol. The summed E-state index contributed by atoms with van der Waals surface area (Å²) in [7, 11) is 0. The van der Waals surface area contributed by atoms with Crippen LogP contribution in [0.4, 0.5) is 4.39 Å². The van der Waals surface area contributed by atoms with Crippen LogP contribution in [0, 0.1) is 0 Å². The van der Waals surface area contributed by atoms with Crippen molar-refractivity contribution in [2.45, 2.75) is 31.2 Å². The van der Waals surface area contributed by atoms with Crippen molar-refractivity contribution in [2.24, 2.45) is 0 Å². The van der Waals surface area contributed by atoms with Crippen molar-refractivity contribution in [3.8, 4) is 0 Å². The highest BCUT2D eigenvalue weighted by atomic mass is 19.1. The van der Waals surface area contributed by atoms with Crippen LogP contribution in [0.15, 0.2) is 12.2 Å². The molecule has 0 spiro atoms. The van der Waals surface area contributed by atoms with Gasteiger partial charge in [-0.2, -0.15) is 0 Å². The highest BCUT2D eigenvalue weighted by Crippen LogP contribution is 2.28. The second-order valence-corrected chi connectivity index (χ2v) is 3.57. The van der Waals surface area contributed by atoms with Gasteiger partial charge in [0.1, 0.15) is 12.3 Å². The third-order valence-electron chi connectivity index (χ3n) is 2.56. The molecular weight excluding hydrogens is 157 g/mol. The largest absolute Gasteiger partial charge is 0.372 e. The van der Waals surface area contributed by atoms with E-state index in [-0.39, 0.29) is 12.1 Å². The molecule has 1 N–H and O–H groups in total. The Morgan fingerprint density at radius 2 is 2.33 bits per heavy atom. The first-order chi connectivity index (χ1) is 5.77. The molecule has 0 amide bonds. The summed E-state index contributed by atoms with van der Waals surface area (Å²) in [5, 5.41) is 3.26. The Bertz CT molecular complexity index is 195. The van der Waals surface area contributed by atoms with E-state index < -0.39 is 6.17 Å². The van der Waals surface area contributed by atoms with Gasteiger partial charge in [-0.05, 0) is 6.42 Å². The Balaban J connectivity index is 2.06. The van der Waals surface area contributed by atoms with E-state index >= 15 is 0 Å². The van der Waals surface area contributed by atoms with E-state index in [1.165, 1.54) is 0 Å². The summed E-state index contributed by atoms with van der Waals surface area (Å²) in [5.74, 6) is 0. The highest BCUT2D eigenvalue weighted by molar-refractivity contribution is 5.09. The summed E-state index contributed by atoms with van der Waals surface area (Å²) in [6.07, 6.45) is 0.252. The molecule has 2 rings (SSSR count). The summed E-state index contributed by atoms with van der Waals surface area (Å²) < 4.78 is 18.7. The van der Waals surface area contributed by atoms with Gasteiger partial charge in [0.2, 0.25) is 0 Å². The normalized spacial score (nSPS) is 42.4. The van der Waals surface area contributed by atoms with Gasteiger partial charge < -0.3 is 10.1 Å². The van der Waals surface area contributed by atoms with Crippen molar-refractivity contribution in [3.63, 3.8) is 0 Å². The zero-order chi connectivity index (χ0) is 8.55. The molecule has 0 aromatic heterocycles. The lowest BCUT2D eigenvalue weighted by molar-refractivity contribution is -0.0581. The third-order valence-corrected chi connectivity index (χ3v) is 2.56. The smallest absolute Gasteiger partial charge is 0.131 e. The molecule has 68 valence electrons. The zero-order valence-electron chi connectivity index (χ0n) is 7.05. The summed E-state index contributed by atoms with van der Waals surface area (Å²) >= 11 is 0. The van der Waals surface area contributed by atoms with Crippen molar-refractivity contribution in [1.82, 2.24) is 5.32 Å². The molecule has 2 nitrogen and oxygen atoms in total. The molecule has 0 aromatic carbocycles. The molecule has 3 heteroatoms. The number of fused-ring (bicyclic) bond motifs is 1. The van der Waals surface area contributed by atoms with Crippen LogP contribution >= 0.6 is 0 Å². The molecule has 3 atom stereocenters. The monoisotopic (exact) mass is 171 g/mol. The lowest BCUT2D eigenvalue weighted by atomic mass is 9.87. The van der Waals surface area contributed by atoms with Crippen LogP contribution in [0.5, 0.6) is 0 Å². The van der Waals surface area contributed by atoms with Gasteiger partial charge in [-0.3, -0.25) is 0 Å². The van der Waals surface area contributed by atoms with Gasteiger partial charge in [0.25, 0.3) is 0 Å². The summed E-state index contributed by atoms with van der Waals surface area (Å²) in [5.41, 5.74) is 1.00. The number of ether oxygens (including phenoxy) is 1. The molecule has 12 heavy (non-hydrogen) atoms. The molecule has 1 aliphatic carbocycles. The Hall–Kier alpha value is -0.410. The van der Waals surface area contributed by atoms with Crippen molar-refractivity contribution >= 4 is 0 Å². The lowest BCUT2D eigenvalue weighted by Gasteiger charge is -2.39. The Morgan fingerprint density at radius 1 is 1.50 bits per heavy atom. The number of nitrogens with one attached hydrogen (secondary N) is 1. The molecule has 3 unspecified atom stereocenters. The average Bonchev–Trinajstić information content (AvgIpc) is 2.04. The summed E-state index contributed by atoms with van der Waals surface area (Å²) in [4.78, 5) is 0. The van der Waals surface area contributed by atoms with E-state index in [4.69, 9.17) is 4.74 Å². The second-order valence-electron chi connectivity index (χ2n) is 3.57. The predicted octanol–water partition coefficient (Wildman–Crippen LogP) is 1.03. The van der Waals surface area contributed by atoms with E-state index in [1.54, 1.807) is 0 Å². The number of hydrogen-bond donors (Lipinski definition) is 1. The van der Waals surface area contributed by atoms with Crippen LogP contribution in [-0.2, 0) is 4.74 Å². The topological polar surface area (TPSA) is 21.3 Å². The first-order valence-corrected chi connectivity index (χ1v) is 4.43. The molecule has 2 fully saturated rings. The maximum Gasteiger partial charge on any atom is 0.131 e. The Morgan fingerprint density at radius 3 is 3.17 bits per heavy atom. The van der Waals surface area contributed by atoms with E-state index in [1.807, 2.05) is 0 Å². The maximum atomic E-state index is 13.3. The molecule has 0 radical (unpaired) electrons. The number of alkyl halides is 1. The fraction of sp³-hybridized carbons (Fsp3) is 0.778. The highest BCUT2D eigenvalue weighted by Gasteiger charge is 2.37. The van der Waals surface area contributed by atoms with Gasteiger partial charge in [-0.25, -0.2) is 4.39 Å². The van der Waals surface area contributed by atoms with Crippen LogP contribution < -0.4 is 5.32 Å². The zero-order valence-corrected chi connectivity index (χ0v) is 7.05. The van der Waals surface area contributed by atoms with Gasteiger partial charge in [0, 0.05) is 19.0 Å². The van der Waals surface area contributed by atoms with E-state index in [0.717, 1.165) is 18.5 Å². The number of rotatable bonds is 0. The quantitative estimate of drug-likeness (QED) is 0.550. The van der Waals surface area contributed by atoms with Crippen LogP contribution in [-0.4, -0.2) is 31.5 Å². The summed E-state index contributed by atoms with van der Waals surface area (Å²) in [6.45, 7) is 5.29. The first kappa shape index (κ1) is 8.20. The van der Waals surface area contributed by atoms with Gasteiger partial charge in [-0.1, -0.05) is 12.2 Å². The van der Waals surface area contributed by atoms with E-state index in [9.17, 15) is 4.39 Å². The Labute approximate surface area is 71.8 Å². The lowest BCUT2D eigenvalue weighted by Crippen LogP contribution is -2.54. The van der Waals surface area contributed by atoms with Gasteiger partial charge in [-0.15, -0.1) is 0 Å². The Kier molecular flexibility index (Phi) is 2.15.